The molecule has 0 aliphatic heterocycles. The van der Waals surface area contributed by atoms with Gasteiger partial charge in [-0.15, -0.1) is 0 Å². The molecule has 0 fully saturated rings. The maximum Gasteiger partial charge on any atom is 0.338 e. The van der Waals surface area contributed by atoms with Crippen molar-refractivity contribution in [2.75, 3.05) is 0 Å². The quantitative estimate of drug-likeness (QED) is 0.858. The summed E-state index contributed by atoms with van der Waals surface area (Å²) < 4.78 is 5.17. The highest BCUT2D eigenvalue weighted by atomic mass is 16.5. The van der Waals surface area contributed by atoms with E-state index >= 15 is 0 Å². The number of hydrogen-bond acceptors (Lipinski definition) is 4. The van der Waals surface area contributed by atoms with E-state index in [9.17, 15) is 9.59 Å². The minimum atomic E-state index is -0.917. The lowest BCUT2D eigenvalue weighted by Crippen LogP contribution is -2.37. The SMILES string of the molecule is CC(OC(=O)c1ccc(C#N)cc1)C(=O)NC(C)c1ccccc1. The minimum Gasteiger partial charge on any atom is -0.449 e. The number of nitrogens with zero attached hydrogens (tertiary/aromatic N) is 1. The van der Waals surface area contributed by atoms with Crippen LogP contribution in [-0.2, 0) is 9.53 Å². The van der Waals surface area contributed by atoms with Crippen molar-refractivity contribution in [2.24, 2.45) is 0 Å². The molecule has 5 nitrogen and oxygen atoms in total. The lowest BCUT2D eigenvalue weighted by atomic mass is 10.1. The smallest absolute Gasteiger partial charge is 0.338 e. The molecule has 5 heteroatoms. The van der Waals surface area contributed by atoms with Crippen LogP contribution in [0.15, 0.2) is 54.6 Å². The van der Waals surface area contributed by atoms with Gasteiger partial charge in [0.05, 0.1) is 23.2 Å². The molecule has 2 aromatic rings. The molecule has 2 rings (SSSR count). The molecule has 0 aliphatic rings. The topological polar surface area (TPSA) is 79.2 Å². The summed E-state index contributed by atoms with van der Waals surface area (Å²) in [7, 11) is 0. The van der Waals surface area contributed by atoms with Crippen LogP contribution >= 0.6 is 0 Å². The lowest BCUT2D eigenvalue weighted by Gasteiger charge is -2.18. The summed E-state index contributed by atoms with van der Waals surface area (Å²) in [6, 6.07) is 17.4. The number of amides is 1. The number of nitrogens with one attached hydrogen (secondary N) is 1. The molecule has 1 amide bonds. The van der Waals surface area contributed by atoms with Crippen molar-refractivity contribution in [3.63, 3.8) is 0 Å². The van der Waals surface area contributed by atoms with Gasteiger partial charge in [0.15, 0.2) is 6.10 Å². The van der Waals surface area contributed by atoms with Gasteiger partial charge < -0.3 is 10.1 Å². The first-order chi connectivity index (χ1) is 11.5. The van der Waals surface area contributed by atoms with Crippen LogP contribution in [0.2, 0.25) is 0 Å². The molecule has 2 atom stereocenters. The normalized spacial score (nSPS) is 12.5. The molecular weight excluding hydrogens is 304 g/mol. The molecule has 1 N–H and O–H groups in total. The Morgan fingerprint density at radius 1 is 1.04 bits per heavy atom. The Morgan fingerprint density at radius 3 is 2.25 bits per heavy atom. The average molecular weight is 322 g/mol. The summed E-state index contributed by atoms with van der Waals surface area (Å²) in [6.07, 6.45) is -0.917. The molecule has 0 spiro atoms. The molecular formula is C19H18N2O3. The van der Waals surface area contributed by atoms with Crippen molar-refractivity contribution >= 4 is 11.9 Å². The monoisotopic (exact) mass is 322 g/mol. The van der Waals surface area contributed by atoms with Crippen molar-refractivity contribution in [3.05, 3.63) is 71.3 Å². The first-order valence-electron chi connectivity index (χ1n) is 7.57. The van der Waals surface area contributed by atoms with Crippen LogP contribution in [0, 0.1) is 11.3 Å². The predicted molar refractivity (Wildman–Crippen MR) is 89.0 cm³/mol. The van der Waals surface area contributed by atoms with Crippen LogP contribution in [-0.4, -0.2) is 18.0 Å². The number of rotatable bonds is 5. The van der Waals surface area contributed by atoms with Gasteiger partial charge in [0, 0.05) is 0 Å². The predicted octanol–water partition coefficient (Wildman–Crippen LogP) is 2.98. The van der Waals surface area contributed by atoms with E-state index in [4.69, 9.17) is 10.00 Å². The lowest BCUT2D eigenvalue weighted by molar-refractivity contribution is -0.129. The number of carbonyl (C=O) groups excluding carboxylic acids is 2. The van der Waals surface area contributed by atoms with Gasteiger partial charge >= 0.3 is 5.97 Å². The summed E-state index contributed by atoms with van der Waals surface area (Å²) >= 11 is 0. The first kappa shape index (κ1) is 17.2. The van der Waals surface area contributed by atoms with Gasteiger partial charge in [-0.2, -0.15) is 5.26 Å². The zero-order chi connectivity index (χ0) is 17.5. The van der Waals surface area contributed by atoms with Gasteiger partial charge in [0.1, 0.15) is 0 Å². The van der Waals surface area contributed by atoms with E-state index in [2.05, 4.69) is 5.32 Å². The molecule has 2 aromatic carbocycles. The van der Waals surface area contributed by atoms with Gasteiger partial charge in [-0.05, 0) is 43.7 Å². The van der Waals surface area contributed by atoms with E-state index in [1.807, 2.05) is 43.3 Å². The summed E-state index contributed by atoms with van der Waals surface area (Å²) in [5.74, 6) is -0.970. The van der Waals surface area contributed by atoms with Crippen LogP contribution in [0.1, 0.15) is 41.4 Å². The molecule has 2 unspecified atom stereocenters. The number of benzene rings is 2. The van der Waals surface area contributed by atoms with Crippen molar-refractivity contribution in [1.82, 2.24) is 5.32 Å². The van der Waals surface area contributed by atoms with Gasteiger partial charge in [-0.3, -0.25) is 4.79 Å². The Bertz CT molecular complexity index is 748. The van der Waals surface area contributed by atoms with Gasteiger partial charge in [0.2, 0.25) is 0 Å². The number of hydrogen-bond donors (Lipinski definition) is 1. The zero-order valence-corrected chi connectivity index (χ0v) is 13.5. The highest BCUT2D eigenvalue weighted by Gasteiger charge is 2.20. The third-order valence-corrected chi connectivity index (χ3v) is 3.56. The second-order valence-corrected chi connectivity index (χ2v) is 5.38. The molecule has 0 bridgehead atoms. The standard InChI is InChI=1S/C19H18N2O3/c1-13(16-6-4-3-5-7-16)21-18(22)14(2)24-19(23)17-10-8-15(12-20)9-11-17/h3-11,13-14H,1-2H3,(H,21,22). The Morgan fingerprint density at radius 2 is 1.67 bits per heavy atom. The van der Waals surface area contributed by atoms with Crippen molar-refractivity contribution in [1.29, 1.82) is 5.26 Å². The van der Waals surface area contributed by atoms with Gasteiger partial charge in [0.25, 0.3) is 5.91 Å². The molecule has 0 radical (unpaired) electrons. The van der Waals surface area contributed by atoms with Crippen molar-refractivity contribution in [3.8, 4) is 6.07 Å². The Balaban J connectivity index is 1.93. The zero-order valence-electron chi connectivity index (χ0n) is 13.5. The minimum absolute atomic E-state index is 0.185. The van der Waals surface area contributed by atoms with Gasteiger partial charge in [-0.25, -0.2) is 4.79 Å². The van der Waals surface area contributed by atoms with E-state index in [-0.39, 0.29) is 11.9 Å². The molecule has 0 saturated carbocycles. The second kappa shape index (κ2) is 7.93. The second-order valence-electron chi connectivity index (χ2n) is 5.38. The number of nitriles is 1. The molecule has 122 valence electrons. The van der Waals surface area contributed by atoms with Crippen molar-refractivity contribution < 1.29 is 14.3 Å². The summed E-state index contributed by atoms with van der Waals surface area (Å²) in [4.78, 5) is 24.2. The Labute approximate surface area is 140 Å². The molecule has 0 aromatic heterocycles. The maximum atomic E-state index is 12.2. The fourth-order valence-corrected chi connectivity index (χ4v) is 2.12. The average Bonchev–Trinajstić information content (AvgIpc) is 2.62. The molecule has 0 aliphatic carbocycles. The number of ether oxygens (including phenoxy) is 1. The van der Waals surface area contributed by atoms with Crippen LogP contribution in [0.3, 0.4) is 0 Å². The molecule has 0 saturated heterocycles. The maximum absolute atomic E-state index is 12.2. The Kier molecular flexibility index (Phi) is 5.69. The Hall–Kier alpha value is -3.13. The first-order valence-corrected chi connectivity index (χ1v) is 7.57. The highest BCUT2D eigenvalue weighted by Crippen LogP contribution is 2.12. The number of esters is 1. The third-order valence-electron chi connectivity index (χ3n) is 3.56. The highest BCUT2D eigenvalue weighted by molar-refractivity contribution is 5.92. The fraction of sp³-hybridized carbons (Fsp3) is 0.211. The fourth-order valence-electron chi connectivity index (χ4n) is 2.12. The summed E-state index contributed by atoms with van der Waals surface area (Å²) in [5.41, 5.74) is 1.72. The molecule has 0 heterocycles. The van der Waals surface area contributed by atoms with Crippen LogP contribution in [0.25, 0.3) is 0 Å². The van der Waals surface area contributed by atoms with E-state index < -0.39 is 12.1 Å². The largest absolute Gasteiger partial charge is 0.449 e. The van der Waals surface area contributed by atoms with E-state index in [1.165, 1.54) is 31.2 Å². The third kappa shape index (κ3) is 4.43. The van der Waals surface area contributed by atoms with E-state index in [0.29, 0.717) is 11.1 Å². The van der Waals surface area contributed by atoms with E-state index in [0.717, 1.165) is 5.56 Å². The van der Waals surface area contributed by atoms with Crippen LogP contribution < -0.4 is 5.32 Å². The number of carbonyl (C=O) groups is 2. The molecule has 24 heavy (non-hydrogen) atoms. The summed E-state index contributed by atoms with van der Waals surface area (Å²) in [5, 5.41) is 11.6. The van der Waals surface area contributed by atoms with E-state index in [1.54, 1.807) is 0 Å². The van der Waals surface area contributed by atoms with Crippen LogP contribution in [0.5, 0.6) is 0 Å². The summed E-state index contributed by atoms with van der Waals surface area (Å²) in [6.45, 7) is 3.39. The van der Waals surface area contributed by atoms with Crippen molar-refractivity contribution in [2.45, 2.75) is 26.0 Å². The van der Waals surface area contributed by atoms with Gasteiger partial charge in [-0.1, -0.05) is 30.3 Å². The van der Waals surface area contributed by atoms with Crippen LogP contribution in [0.4, 0.5) is 0 Å².